The molecule has 3 N–H and O–H groups in total. The van der Waals surface area contributed by atoms with Crippen LogP contribution in [-0.4, -0.2) is 18.2 Å². The minimum Gasteiger partial charge on any atom is -0.398 e. The van der Waals surface area contributed by atoms with Crippen LogP contribution in [0.1, 0.15) is 23.9 Å². The fourth-order valence-electron chi connectivity index (χ4n) is 2.33. The van der Waals surface area contributed by atoms with Crippen molar-refractivity contribution < 1.29 is 8.42 Å². The molecule has 0 atom stereocenters. The number of nitrogens with one attached hydrogen (secondary N) is 1. The summed E-state index contributed by atoms with van der Waals surface area (Å²) in [6.45, 7) is 5.40. The number of aromatic nitrogens is 2. The zero-order valence-electron chi connectivity index (χ0n) is 12.6. The van der Waals surface area contributed by atoms with Gasteiger partial charge >= 0.3 is 0 Å². The molecular weight excluding hydrogens is 288 g/mol. The summed E-state index contributed by atoms with van der Waals surface area (Å²) in [5.74, 6) is 0. The average molecular weight is 308 g/mol. The minimum absolute atomic E-state index is 0.211. The SMILES string of the molecule is CCc1ccc(NS(=O)(=O)c2c(C)nn(C)c2C)cc1N. The summed E-state index contributed by atoms with van der Waals surface area (Å²) in [6.07, 6.45) is 0.805. The maximum Gasteiger partial charge on any atom is 0.265 e. The number of hydrogen-bond donors (Lipinski definition) is 2. The molecule has 0 bridgehead atoms. The number of benzene rings is 1. The van der Waals surface area contributed by atoms with Gasteiger partial charge in [-0.3, -0.25) is 9.40 Å². The van der Waals surface area contributed by atoms with E-state index < -0.39 is 10.0 Å². The standard InChI is InChI=1S/C14H20N4O2S/c1-5-11-6-7-12(8-13(11)15)17-21(19,20)14-9(2)16-18(4)10(14)3/h6-8,17H,5,15H2,1-4H3. The van der Waals surface area contributed by atoms with Gasteiger partial charge in [-0.15, -0.1) is 0 Å². The molecular formula is C14H20N4O2S. The molecule has 0 unspecified atom stereocenters. The smallest absolute Gasteiger partial charge is 0.265 e. The van der Waals surface area contributed by atoms with E-state index in [0.717, 1.165) is 12.0 Å². The Kier molecular flexibility index (Phi) is 3.95. The van der Waals surface area contributed by atoms with Gasteiger partial charge in [0.25, 0.3) is 10.0 Å². The van der Waals surface area contributed by atoms with E-state index in [1.54, 1.807) is 37.7 Å². The van der Waals surface area contributed by atoms with E-state index in [1.165, 1.54) is 0 Å². The van der Waals surface area contributed by atoms with Crippen LogP contribution < -0.4 is 10.5 Å². The van der Waals surface area contributed by atoms with Crippen LogP contribution in [0.2, 0.25) is 0 Å². The number of hydrogen-bond acceptors (Lipinski definition) is 4. The number of rotatable bonds is 4. The molecule has 0 fully saturated rings. The molecule has 0 aliphatic rings. The highest BCUT2D eigenvalue weighted by Crippen LogP contribution is 2.24. The topological polar surface area (TPSA) is 90.0 Å². The predicted molar refractivity (Wildman–Crippen MR) is 83.7 cm³/mol. The van der Waals surface area contributed by atoms with Crippen LogP contribution >= 0.6 is 0 Å². The summed E-state index contributed by atoms with van der Waals surface area (Å²) in [5, 5.41) is 4.14. The highest BCUT2D eigenvalue weighted by Gasteiger charge is 2.23. The van der Waals surface area contributed by atoms with Crippen molar-refractivity contribution in [3.63, 3.8) is 0 Å². The van der Waals surface area contributed by atoms with Gasteiger partial charge in [0.05, 0.1) is 17.1 Å². The molecule has 2 aromatic rings. The van der Waals surface area contributed by atoms with E-state index >= 15 is 0 Å². The largest absolute Gasteiger partial charge is 0.398 e. The van der Waals surface area contributed by atoms with Crippen LogP contribution in [0.4, 0.5) is 11.4 Å². The first-order chi connectivity index (χ1) is 9.76. The molecule has 0 aliphatic heterocycles. The Bertz CT molecular complexity index is 779. The number of sulfonamides is 1. The third kappa shape index (κ3) is 2.87. The van der Waals surface area contributed by atoms with E-state index in [4.69, 9.17) is 5.73 Å². The van der Waals surface area contributed by atoms with E-state index in [1.807, 2.05) is 13.0 Å². The van der Waals surface area contributed by atoms with Crippen molar-refractivity contribution in [1.82, 2.24) is 9.78 Å². The molecule has 0 saturated carbocycles. The Balaban J connectivity index is 2.40. The molecule has 21 heavy (non-hydrogen) atoms. The molecule has 1 aromatic heterocycles. The molecule has 6 nitrogen and oxygen atoms in total. The number of nitrogens with zero attached hydrogens (tertiary/aromatic N) is 2. The molecule has 114 valence electrons. The highest BCUT2D eigenvalue weighted by atomic mass is 32.2. The summed E-state index contributed by atoms with van der Waals surface area (Å²) in [6, 6.07) is 5.18. The highest BCUT2D eigenvalue weighted by molar-refractivity contribution is 7.92. The molecule has 0 aliphatic carbocycles. The molecule has 0 saturated heterocycles. The Labute approximate surface area is 125 Å². The Hall–Kier alpha value is -2.02. The molecule has 1 heterocycles. The molecule has 0 amide bonds. The van der Waals surface area contributed by atoms with Gasteiger partial charge in [-0.1, -0.05) is 13.0 Å². The first-order valence-corrected chi connectivity index (χ1v) is 8.16. The molecule has 2 rings (SSSR count). The van der Waals surface area contributed by atoms with Crippen molar-refractivity contribution in [1.29, 1.82) is 0 Å². The zero-order chi connectivity index (χ0) is 15.8. The molecule has 1 aromatic carbocycles. The van der Waals surface area contributed by atoms with Crippen molar-refractivity contribution in [2.24, 2.45) is 7.05 Å². The number of anilines is 2. The lowest BCUT2D eigenvalue weighted by Gasteiger charge is -2.10. The number of nitrogens with two attached hydrogens (primary N) is 1. The quantitative estimate of drug-likeness (QED) is 0.845. The first-order valence-electron chi connectivity index (χ1n) is 6.67. The summed E-state index contributed by atoms with van der Waals surface area (Å²) >= 11 is 0. The van der Waals surface area contributed by atoms with Gasteiger partial charge in [0.2, 0.25) is 0 Å². The predicted octanol–water partition coefficient (Wildman–Crippen LogP) is 1.98. The van der Waals surface area contributed by atoms with Crippen LogP contribution in [0, 0.1) is 13.8 Å². The maximum absolute atomic E-state index is 12.5. The van der Waals surface area contributed by atoms with Crippen LogP contribution in [0.3, 0.4) is 0 Å². The third-order valence-corrected chi connectivity index (χ3v) is 5.12. The second-order valence-corrected chi connectivity index (χ2v) is 6.62. The van der Waals surface area contributed by atoms with Gasteiger partial charge in [-0.05, 0) is 38.0 Å². The molecule has 0 spiro atoms. The minimum atomic E-state index is -3.68. The van der Waals surface area contributed by atoms with Gasteiger partial charge in [-0.25, -0.2) is 8.42 Å². The lowest BCUT2D eigenvalue weighted by atomic mass is 10.1. The summed E-state index contributed by atoms with van der Waals surface area (Å²) in [5.41, 5.74) is 8.99. The van der Waals surface area contributed by atoms with Gasteiger partial charge in [-0.2, -0.15) is 5.10 Å². The summed E-state index contributed by atoms with van der Waals surface area (Å²) in [4.78, 5) is 0.211. The number of aryl methyl sites for hydroxylation is 3. The van der Waals surface area contributed by atoms with E-state index in [-0.39, 0.29) is 4.90 Å². The van der Waals surface area contributed by atoms with Gasteiger partial charge < -0.3 is 5.73 Å². The van der Waals surface area contributed by atoms with E-state index in [0.29, 0.717) is 22.8 Å². The summed E-state index contributed by atoms with van der Waals surface area (Å²) in [7, 11) is -1.96. The normalized spacial score (nSPS) is 11.6. The fourth-order valence-corrected chi connectivity index (χ4v) is 3.82. The van der Waals surface area contributed by atoms with Gasteiger partial charge in [0.15, 0.2) is 0 Å². The summed E-state index contributed by atoms with van der Waals surface area (Å²) < 4.78 is 29.1. The van der Waals surface area contributed by atoms with Crippen molar-refractivity contribution in [3.05, 3.63) is 35.2 Å². The average Bonchev–Trinajstić information content (AvgIpc) is 2.63. The maximum atomic E-state index is 12.5. The van der Waals surface area contributed by atoms with E-state index in [2.05, 4.69) is 9.82 Å². The second-order valence-electron chi connectivity index (χ2n) is 5.00. The van der Waals surface area contributed by atoms with Gasteiger partial charge in [0, 0.05) is 12.7 Å². The zero-order valence-corrected chi connectivity index (χ0v) is 13.5. The third-order valence-electron chi connectivity index (χ3n) is 3.49. The van der Waals surface area contributed by atoms with Crippen molar-refractivity contribution in [3.8, 4) is 0 Å². The van der Waals surface area contributed by atoms with Crippen LogP contribution in [0.25, 0.3) is 0 Å². The second kappa shape index (κ2) is 5.40. The van der Waals surface area contributed by atoms with Crippen LogP contribution in [0.15, 0.2) is 23.1 Å². The fraction of sp³-hybridized carbons (Fsp3) is 0.357. The van der Waals surface area contributed by atoms with E-state index in [9.17, 15) is 8.42 Å². The number of nitrogen functional groups attached to an aromatic ring is 1. The van der Waals surface area contributed by atoms with Crippen molar-refractivity contribution in [2.45, 2.75) is 32.1 Å². The molecule has 0 radical (unpaired) electrons. The lowest BCUT2D eigenvalue weighted by Crippen LogP contribution is -2.15. The first kappa shape index (κ1) is 15.4. The lowest BCUT2D eigenvalue weighted by molar-refractivity contribution is 0.599. The Morgan fingerprint density at radius 3 is 2.48 bits per heavy atom. The van der Waals surface area contributed by atoms with Crippen LogP contribution in [-0.2, 0) is 23.5 Å². The van der Waals surface area contributed by atoms with Crippen LogP contribution in [0.5, 0.6) is 0 Å². The van der Waals surface area contributed by atoms with Crippen molar-refractivity contribution in [2.75, 3.05) is 10.5 Å². The Morgan fingerprint density at radius 1 is 1.33 bits per heavy atom. The Morgan fingerprint density at radius 2 is 2.00 bits per heavy atom. The van der Waals surface area contributed by atoms with Gasteiger partial charge in [0.1, 0.15) is 4.90 Å². The monoisotopic (exact) mass is 308 g/mol. The van der Waals surface area contributed by atoms with Crippen molar-refractivity contribution >= 4 is 21.4 Å². The molecule has 7 heteroatoms.